The molecule has 0 radical (unpaired) electrons. The van der Waals surface area contributed by atoms with E-state index >= 15 is 0 Å². The lowest BCUT2D eigenvalue weighted by molar-refractivity contribution is -0.165. The highest BCUT2D eigenvalue weighted by Gasteiger charge is 2.52. The average Bonchev–Trinajstić information content (AvgIpc) is 3.88. The minimum absolute atomic E-state index is 0.126. The van der Waals surface area contributed by atoms with Crippen molar-refractivity contribution >= 4 is 42.2 Å². The maximum absolute atomic E-state index is 13.7. The molecule has 3 aromatic rings. The molecule has 1 aromatic heterocycles. The van der Waals surface area contributed by atoms with Gasteiger partial charge in [0.2, 0.25) is 0 Å². The number of carbonyl (C=O) groups is 3. The van der Waals surface area contributed by atoms with Gasteiger partial charge in [-0.3, -0.25) is 10.1 Å². The number of hydrogen-bond donors (Lipinski definition) is 3. The molecule has 0 bridgehead atoms. The predicted octanol–water partition coefficient (Wildman–Crippen LogP) is 6.34. The number of anilines is 1. The Balaban J connectivity index is 0.00000175. The summed E-state index contributed by atoms with van der Waals surface area (Å²) in [5.41, 5.74) is 2.94. The van der Waals surface area contributed by atoms with Crippen molar-refractivity contribution in [3.63, 3.8) is 0 Å². The molecule has 6 rings (SSSR count). The number of nitrogens with zero attached hydrogens (tertiary/aromatic N) is 7. The third-order valence-electron chi connectivity index (χ3n) is 9.38. The lowest BCUT2D eigenvalue weighted by Gasteiger charge is -2.36. The van der Waals surface area contributed by atoms with Crippen LogP contribution in [0.2, 0.25) is 5.02 Å². The largest absolute Gasteiger partial charge is 0.491 e. The molecule has 284 valence electrons. The molecule has 3 aliphatic rings. The number of aromatic nitrogens is 2. The molecule has 2 amide bonds. The highest BCUT2D eigenvalue weighted by Crippen LogP contribution is 2.41. The number of likely N-dealkylation sites (N-methyl/N-ethyl adjacent to an activating group) is 1. The van der Waals surface area contributed by atoms with Gasteiger partial charge in [0, 0.05) is 36.7 Å². The summed E-state index contributed by atoms with van der Waals surface area (Å²) in [6.07, 6.45) is 3.77. The Morgan fingerprint density at radius 1 is 1.11 bits per heavy atom. The number of amides is 2. The third kappa shape index (κ3) is 9.03. The standard InChI is InChI=1S/C36H46ClN9O4.CH2O2/c1-23-10-9-17-45(23)36(38-22-39-43-36)33(47)50-29-16-15-28(25-11-7-8-12-26(25)29)40-34(48)41-32-21-31(35(2,3)4)42-46(32)24-13-14-27(37)30(20-24)49-19-18-44(5)6;2-1-3/h7-8,11-14,20-23,28-29H,9-10,15-19H2,1-6H3,(H2,40,41,48);1H,(H,2,3)/t23-,28-,29+,36?;/m0./s1. The molecule has 1 unspecified atom stereocenters. The normalized spacial score (nSPS) is 22.2. The van der Waals surface area contributed by atoms with Crippen molar-refractivity contribution in [1.29, 1.82) is 0 Å². The second-order valence-corrected chi connectivity index (χ2v) is 14.9. The number of halogens is 1. The van der Waals surface area contributed by atoms with E-state index in [2.05, 4.69) is 53.5 Å². The number of rotatable bonds is 10. The summed E-state index contributed by atoms with van der Waals surface area (Å²) in [6.45, 7) is 9.91. The third-order valence-corrected chi connectivity index (χ3v) is 9.69. The van der Waals surface area contributed by atoms with Crippen molar-refractivity contribution in [2.24, 2.45) is 15.2 Å². The molecule has 0 spiro atoms. The van der Waals surface area contributed by atoms with Gasteiger partial charge in [-0.25, -0.2) is 24.2 Å². The first-order valence-electron chi connectivity index (χ1n) is 17.6. The molecule has 0 saturated carbocycles. The van der Waals surface area contributed by atoms with Crippen molar-refractivity contribution in [2.45, 2.75) is 82.8 Å². The van der Waals surface area contributed by atoms with Crippen molar-refractivity contribution in [3.8, 4) is 11.4 Å². The van der Waals surface area contributed by atoms with Gasteiger partial charge in [0.1, 0.15) is 30.6 Å². The lowest BCUT2D eigenvalue weighted by atomic mass is 9.85. The molecule has 53 heavy (non-hydrogen) atoms. The number of ether oxygens (including phenoxy) is 2. The Labute approximate surface area is 314 Å². The maximum Gasteiger partial charge on any atom is 0.375 e. The van der Waals surface area contributed by atoms with E-state index in [0.717, 1.165) is 36.2 Å². The first kappa shape index (κ1) is 39.3. The van der Waals surface area contributed by atoms with Gasteiger partial charge in [-0.1, -0.05) is 56.6 Å². The van der Waals surface area contributed by atoms with Gasteiger partial charge in [-0.15, -0.1) is 10.2 Å². The molecule has 1 saturated heterocycles. The molecule has 3 heterocycles. The summed E-state index contributed by atoms with van der Waals surface area (Å²) < 4.78 is 13.8. The first-order chi connectivity index (χ1) is 25.3. The zero-order valence-corrected chi connectivity index (χ0v) is 31.7. The van der Waals surface area contributed by atoms with Crippen molar-refractivity contribution in [2.75, 3.05) is 39.1 Å². The zero-order valence-electron chi connectivity index (χ0n) is 31.0. The number of aliphatic imine (C=N–C) groups is 1. The number of benzene rings is 2. The van der Waals surface area contributed by atoms with Crippen LogP contribution in [0.4, 0.5) is 10.6 Å². The average molecular weight is 750 g/mol. The Bertz CT molecular complexity index is 1830. The van der Waals surface area contributed by atoms with Crippen LogP contribution >= 0.6 is 11.6 Å². The number of carboxylic acid groups (broad SMARTS) is 1. The van der Waals surface area contributed by atoms with Gasteiger partial charge in [-0.05, 0) is 70.0 Å². The van der Waals surface area contributed by atoms with E-state index in [9.17, 15) is 9.59 Å². The second kappa shape index (κ2) is 16.9. The molecular formula is C37H48ClN9O6. The van der Waals surface area contributed by atoms with Gasteiger partial charge in [-0.2, -0.15) is 5.10 Å². The maximum atomic E-state index is 13.7. The van der Waals surface area contributed by atoms with E-state index in [1.54, 1.807) is 10.7 Å². The monoisotopic (exact) mass is 749 g/mol. The minimum Gasteiger partial charge on any atom is -0.491 e. The Morgan fingerprint density at radius 2 is 1.85 bits per heavy atom. The van der Waals surface area contributed by atoms with E-state index < -0.39 is 17.9 Å². The SMILES string of the molecule is C[C@H]1CCCN1C1(C(=O)O[C@@H]2CC[C@H](NC(=O)Nc3cc(C(C)(C)C)nn3-c3ccc(Cl)c(OCCN(C)C)c3)c3ccccc32)N=CN=N1.O=CO. The smallest absolute Gasteiger partial charge is 0.375 e. The van der Waals surface area contributed by atoms with E-state index in [1.165, 1.54) is 6.34 Å². The fraction of sp³-hybridized carbons (Fsp3) is 0.486. The highest BCUT2D eigenvalue weighted by atomic mass is 35.5. The summed E-state index contributed by atoms with van der Waals surface area (Å²) in [7, 11) is 3.96. The number of hydrogen-bond acceptors (Lipinski definition) is 11. The topological polar surface area (TPSA) is 175 Å². The Hall–Kier alpha value is -4.86. The lowest BCUT2D eigenvalue weighted by Crippen LogP contribution is -2.53. The number of urea groups is 1. The van der Waals surface area contributed by atoms with Crippen LogP contribution in [0.15, 0.2) is 63.8 Å². The first-order valence-corrected chi connectivity index (χ1v) is 18.0. The van der Waals surface area contributed by atoms with Crippen LogP contribution in [0.1, 0.15) is 82.3 Å². The number of likely N-dealkylation sites (tertiary alicyclic amines) is 1. The van der Waals surface area contributed by atoms with Crippen molar-refractivity contribution < 1.29 is 29.0 Å². The molecule has 16 heteroatoms. The highest BCUT2D eigenvalue weighted by molar-refractivity contribution is 6.32. The van der Waals surface area contributed by atoms with Gasteiger partial charge in [0.15, 0.2) is 0 Å². The molecule has 3 N–H and O–H groups in total. The van der Waals surface area contributed by atoms with Gasteiger partial charge >= 0.3 is 17.8 Å². The van der Waals surface area contributed by atoms with E-state index in [1.807, 2.05) is 66.4 Å². The molecule has 2 aliphatic heterocycles. The van der Waals surface area contributed by atoms with Gasteiger partial charge < -0.3 is 24.8 Å². The van der Waals surface area contributed by atoms with Crippen LogP contribution in [0.25, 0.3) is 5.69 Å². The predicted molar refractivity (Wildman–Crippen MR) is 201 cm³/mol. The zero-order chi connectivity index (χ0) is 38.3. The molecule has 15 nitrogen and oxygen atoms in total. The molecule has 1 fully saturated rings. The van der Waals surface area contributed by atoms with E-state index in [0.29, 0.717) is 48.3 Å². The number of nitrogens with one attached hydrogen (secondary N) is 2. The molecular weight excluding hydrogens is 702 g/mol. The van der Waals surface area contributed by atoms with E-state index in [-0.39, 0.29) is 30.0 Å². The van der Waals surface area contributed by atoms with Crippen molar-refractivity contribution in [1.82, 2.24) is 24.9 Å². The fourth-order valence-electron chi connectivity index (χ4n) is 6.63. The minimum atomic E-state index is -1.49. The number of carbonyl (C=O) groups excluding carboxylic acids is 2. The molecule has 4 atom stereocenters. The molecule has 2 aromatic carbocycles. The van der Waals surface area contributed by atoms with Gasteiger partial charge in [0.25, 0.3) is 6.47 Å². The Kier molecular flexibility index (Phi) is 12.5. The van der Waals surface area contributed by atoms with E-state index in [4.69, 9.17) is 36.1 Å². The van der Waals surface area contributed by atoms with Crippen LogP contribution in [-0.4, -0.2) is 95.1 Å². The Morgan fingerprint density at radius 3 is 2.49 bits per heavy atom. The van der Waals surface area contributed by atoms with Crippen molar-refractivity contribution in [3.05, 3.63) is 70.4 Å². The summed E-state index contributed by atoms with van der Waals surface area (Å²) in [5.74, 6) is -0.994. The van der Waals surface area contributed by atoms with Crippen LogP contribution in [0, 0.1) is 0 Å². The van der Waals surface area contributed by atoms with Crippen LogP contribution in [0.3, 0.4) is 0 Å². The number of azo groups is 1. The molecule has 1 aliphatic carbocycles. The summed E-state index contributed by atoms with van der Waals surface area (Å²) >= 11 is 6.47. The summed E-state index contributed by atoms with van der Waals surface area (Å²) in [4.78, 5) is 44.2. The fourth-order valence-corrected chi connectivity index (χ4v) is 6.80. The summed E-state index contributed by atoms with van der Waals surface area (Å²) in [5, 5.41) is 26.6. The second-order valence-electron chi connectivity index (χ2n) is 14.5. The van der Waals surface area contributed by atoms with Crippen LogP contribution in [-0.2, 0) is 19.7 Å². The van der Waals surface area contributed by atoms with Crippen LogP contribution in [0.5, 0.6) is 5.75 Å². The number of fused-ring (bicyclic) bond motifs is 1. The summed E-state index contributed by atoms with van der Waals surface area (Å²) in [6, 6.07) is 14.5. The van der Waals surface area contributed by atoms with Gasteiger partial charge in [0.05, 0.1) is 22.4 Å². The quantitative estimate of drug-likeness (QED) is 0.158. The van der Waals surface area contributed by atoms with Crippen LogP contribution < -0.4 is 15.4 Å². The number of esters is 1.